The number of aliphatic hydroxyl groups is 1. The molecule has 2 unspecified atom stereocenters. The van der Waals surface area contributed by atoms with Gasteiger partial charge in [-0.2, -0.15) is 0 Å². The number of nitrogens with zero attached hydrogens (tertiary/aromatic N) is 1. The number of piperazine rings is 1. The minimum Gasteiger partial charge on any atom is -0.388 e. The van der Waals surface area contributed by atoms with Gasteiger partial charge in [-0.1, -0.05) is 48.5 Å². The van der Waals surface area contributed by atoms with E-state index in [1.54, 1.807) is 0 Å². The number of nitrogens with one attached hydrogen (secondary N) is 2. The van der Waals surface area contributed by atoms with Crippen molar-refractivity contribution in [3.05, 3.63) is 65.7 Å². The Bertz CT molecular complexity index is 617. The summed E-state index contributed by atoms with van der Waals surface area (Å²) in [5.41, 5.74) is 3.41. The molecule has 4 heteroatoms. The third-order valence-electron chi connectivity index (χ3n) is 4.54. The first-order valence-electron chi connectivity index (χ1n) is 8.24. The van der Waals surface area contributed by atoms with Gasteiger partial charge in [0.2, 0.25) is 0 Å². The molecule has 0 aliphatic carbocycles. The van der Waals surface area contributed by atoms with Crippen LogP contribution in [-0.2, 0) is 0 Å². The molecule has 0 radical (unpaired) electrons. The van der Waals surface area contributed by atoms with Crippen LogP contribution < -0.4 is 10.6 Å². The number of aliphatic hydroxyl groups excluding tert-OH is 1. The number of anilines is 1. The average molecular weight is 311 g/mol. The fourth-order valence-corrected chi connectivity index (χ4v) is 3.29. The Morgan fingerprint density at radius 3 is 2.70 bits per heavy atom. The molecule has 2 atom stereocenters. The largest absolute Gasteiger partial charge is 0.388 e. The van der Waals surface area contributed by atoms with E-state index >= 15 is 0 Å². The van der Waals surface area contributed by atoms with Crippen LogP contribution in [0.4, 0.5) is 5.69 Å². The third-order valence-corrected chi connectivity index (χ3v) is 4.54. The molecule has 122 valence electrons. The van der Waals surface area contributed by atoms with E-state index in [2.05, 4.69) is 39.8 Å². The lowest BCUT2D eigenvalue weighted by Gasteiger charge is -2.38. The SMILES string of the molecule is CNc1ccccc1C1CNCCN1CC(O)c1ccccc1. The van der Waals surface area contributed by atoms with Crippen LogP contribution in [-0.4, -0.2) is 43.2 Å². The highest BCUT2D eigenvalue weighted by molar-refractivity contribution is 5.52. The van der Waals surface area contributed by atoms with Crippen LogP contribution in [0.3, 0.4) is 0 Å². The Balaban J connectivity index is 1.79. The Morgan fingerprint density at radius 1 is 1.17 bits per heavy atom. The highest BCUT2D eigenvalue weighted by Gasteiger charge is 2.27. The summed E-state index contributed by atoms with van der Waals surface area (Å²) in [5.74, 6) is 0. The van der Waals surface area contributed by atoms with Crippen molar-refractivity contribution in [2.24, 2.45) is 0 Å². The summed E-state index contributed by atoms with van der Waals surface area (Å²) in [7, 11) is 1.96. The van der Waals surface area contributed by atoms with Gasteiger partial charge in [-0.25, -0.2) is 0 Å². The van der Waals surface area contributed by atoms with Crippen LogP contribution in [0, 0.1) is 0 Å². The Hall–Kier alpha value is -1.88. The molecule has 1 aliphatic heterocycles. The number of hydrogen-bond acceptors (Lipinski definition) is 4. The molecular weight excluding hydrogens is 286 g/mol. The molecule has 1 saturated heterocycles. The van der Waals surface area contributed by atoms with Gasteiger partial charge in [0.25, 0.3) is 0 Å². The monoisotopic (exact) mass is 311 g/mol. The van der Waals surface area contributed by atoms with Crippen molar-refractivity contribution in [2.45, 2.75) is 12.1 Å². The summed E-state index contributed by atoms with van der Waals surface area (Å²) >= 11 is 0. The second-order valence-corrected chi connectivity index (χ2v) is 5.98. The average Bonchev–Trinajstić information content (AvgIpc) is 2.63. The maximum absolute atomic E-state index is 10.6. The van der Waals surface area contributed by atoms with Gasteiger partial charge < -0.3 is 15.7 Å². The molecule has 1 heterocycles. The van der Waals surface area contributed by atoms with E-state index in [-0.39, 0.29) is 6.04 Å². The molecule has 3 rings (SSSR count). The smallest absolute Gasteiger partial charge is 0.0917 e. The lowest BCUT2D eigenvalue weighted by atomic mass is 9.99. The number of hydrogen-bond donors (Lipinski definition) is 3. The fourth-order valence-electron chi connectivity index (χ4n) is 3.29. The van der Waals surface area contributed by atoms with Crippen LogP contribution in [0.25, 0.3) is 0 Å². The molecule has 0 bridgehead atoms. The van der Waals surface area contributed by atoms with Crippen LogP contribution in [0.1, 0.15) is 23.3 Å². The lowest BCUT2D eigenvalue weighted by Crippen LogP contribution is -2.47. The zero-order valence-corrected chi connectivity index (χ0v) is 13.6. The summed E-state index contributed by atoms with van der Waals surface area (Å²) in [6.07, 6.45) is -0.460. The van der Waals surface area contributed by atoms with E-state index in [9.17, 15) is 5.11 Å². The molecule has 23 heavy (non-hydrogen) atoms. The van der Waals surface area contributed by atoms with E-state index in [0.717, 1.165) is 30.9 Å². The quantitative estimate of drug-likeness (QED) is 0.794. The maximum Gasteiger partial charge on any atom is 0.0917 e. The molecule has 1 fully saturated rings. The first-order valence-corrected chi connectivity index (χ1v) is 8.24. The highest BCUT2D eigenvalue weighted by Crippen LogP contribution is 2.30. The standard InChI is InChI=1S/C19H25N3O/c1-20-17-10-6-5-9-16(17)18-13-21-11-12-22(18)14-19(23)15-7-3-2-4-8-15/h2-10,18-21,23H,11-14H2,1H3. The summed E-state index contributed by atoms with van der Waals surface area (Å²) < 4.78 is 0. The molecule has 0 spiro atoms. The molecule has 0 amide bonds. The molecule has 4 nitrogen and oxygen atoms in total. The van der Waals surface area contributed by atoms with Gasteiger partial charge in [0.1, 0.15) is 0 Å². The van der Waals surface area contributed by atoms with E-state index < -0.39 is 6.10 Å². The summed E-state index contributed by atoms with van der Waals surface area (Å²) in [5, 5.41) is 17.3. The predicted octanol–water partition coefficient (Wildman–Crippen LogP) is 2.41. The summed E-state index contributed by atoms with van der Waals surface area (Å²) in [4.78, 5) is 2.38. The van der Waals surface area contributed by atoms with E-state index in [0.29, 0.717) is 6.54 Å². The van der Waals surface area contributed by atoms with E-state index in [1.165, 1.54) is 5.56 Å². The molecule has 0 saturated carbocycles. The molecule has 1 aliphatic rings. The normalized spacial score (nSPS) is 20.2. The van der Waals surface area contributed by atoms with Crippen LogP contribution in [0.5, 0.6) is 0 Å². The van der Waals surface area contributed by atoms with Gasteiger partial charge in [0.15, 0.2) is 0 Å². The van der Waals surface area contributed by atoms with E-state index in [4.69, 9.17) is 0 Å². The van der Waals surface area contributed by atoms with Crippen molar-refractivity contribution in [3.63, 3.8) is 0 Å². The van der Waals surface area contributed by atoms with Crippen molar-refractivity contribution in [3.8, 4) is 0 Å². The second-order valence-electron chi connectivity index (χ2n) is 5.98. The van der Waals surface area contributed by atoms with Crippen molar-refractivity contribution >= 4 is 5.69 Å². The number of benzene rings is 2. The van der Waals surface area contributed by atoms with Gasteiger partial charge >= 0.3 is 0 Å². The minimum absolute atomic E-state index is 0.269. The highest BCUT2D eigenvalue weighted by atomic mass is 16.3. The lowest BCUT2D eigenvalue weighted by molar-refractivity contribution is 0.0735. The third kappa shape index (κ3) is 3.72. The first kappa shape index (κ1) is 16.0. The molecule has 2 aromatic rings. The zero-order chi connectivity index (χ0) is 16.1. The second kappa shape index (κ2) is 7.59. The predicted molar refractivity (Wildman–Crippen MR) is 94.6 cm³/mol. The fraction of sp³-hybridized carbons (Fsp3) is 0.368. The van der Waals surface area contributed by atoms with Gasteiger partial charge in [-0.05, 0) is 17.2 Å². The number of para-hydroxylation sites is 1. The van der Waals surface area contributed by atoms with Crippen LogP contribution in [0.2, 0.25) is 0 Å². The van der Waals surface area contributed by atoms with Gasteiger partial charge in [0, 0.05) is 45.0 Å². The summed E-state index contributed by atoms with van der Waals surface area (Å²) in [6, 6.07) is 18.6. The number of β-amino-alcohol motifs (C(OH)–C–C–N with tert-alkyl or cyclic N) is 1. The van der Waals surface area contributed by atoms with Crippen molar-refractivity contribution < 1.29 is 5.11 Å². The van der Waals surface area contributed by atoms with Crippen LogP contribution in [0.15, 0.2) is 54.6 Å². The van der Waals surface area contributed by atoms with E-state index in [1.807, 2.05) is 37.4 Å². The Kier molecular flexibility index (Phi) is 5.28. The minimum atomic E-state index is -0.460. The Morgan fingerprint density at radius 2 is 1.91 bits per heavy atom. The zero-order valence-electron chi connectivity index (χ0n) is 13.6. The van der Waals surface area contributed by atoms with Crippen LogP contribution >= 0.6 is 0 Å². The van der Waals surface area contributed by atoms with Crippen molar-refractivity contribution in [1.82, 2.24) is 10.2 Å². The topological polar surface area (TPSA) is 47.5 Å². The number of rotatable bonds is 5. The van der Waals surface area contributed by atoms with Gasteiger partial charge in [-0.3, -0.25) is 4.90 Å². The van der Waals surface area contributed by atoms with Crippen molar-refractivity contribution in [1.29, 1.82) is 0 Å². The molecule has 3 N–H and O–H groups in total. The summed E-state index contributed by atoms with van der Waals surface area (Å²) in [6.45, 7) is 3.45. The first-order chi connectivity index (χ1) is 11.3. The van der Waals surface area contributed by atoms with Gasteiger partial charge in [-0.15, -0.1) is 0 Å². The molecule has 2 aromatic carbocycles. The van der Waals surface area contributed by atoms with Gasteiger partial charge in [0.05, 0.1) is 6.10 Å². The maximum atomic E-state index is 10.6. The molecular formula is C19H25N3O. The molecule has 0 aromatic heterocycles. The van der Waals surface area contributed by atoms with Crippen molar-refractivity contribution in [2.75, 3.05) is 38.5 Å². The Labute approximate surface area is 138 Å².